The van der Waals surface area contributed by atoms with E-state index < -0.39 is 22.5 Å². The molecule has 0 bridgehead atoms. The Morgan fingerprint density at radius 1 is 1.06 bits per heavy atom. The number of methoxy groups -OCH3 is 1. The van der Waals surface area contributed by atoms with Crippen LogP contribution in [0, 0.1) is 13.8 Å². The summed E-state index contributed by atoms with van der Waals surface area (Å²) in [5.74, 6) is -0.372. The Morgan fingerprint density at radius 3 is 2.45 bits per heavy atom. The van der Waals surface area contributed by atoms with Gasteiger partial charge in [-0.15, -0.1) is 0 Å². The standard InChI is InChI=1S/C24H25N3O5S/c1-17-9-11-20(13-18(17)2)27(33(30,31)21-7-5-4-6-8-21)16-24(29)26-25-15-19-10-12-22(28)23(14-19)32-3/h4-15,28H,16H2,1-3H3,(H,26,29)/b25-15-. The number of carbonyl (C=O) groups excluding carboxylic acids is 1. The second-order valence-electron chi connectivity index (χ2n) is 7.32. The number of nitrogens with one attached hydrogen (secondary N) is 1. The van der Waals surface area contributed by atoms with Gasteiger partial charge < -0.3 is 9.84 Å². The minimum Gasteiger partial charge on any atom is -0.504 e. The summed E-state index contributed by atoms with van der Waals surface area (Å²) in [4.78, 5) is 12.7. The highest BCUT2D eigenvalue weighted by molar-refractivity contribution is 7.92. The van der Waals surface area contributed by atoms with E-state index in [0.29, 0.717) is 11.3 Å². The number of aromatic hydroxyl groups is 1. The van der Waals surface area contributed by atoms with E-state index in [1.807, 2.05) is 19.9 Å². The van der Waals surface area contributed by atoms with Crippen LogP contribution in [0.5, 0.6) is 11.5 Å². The molecular formula is C24H25N3O5S. The molecule has 0 aliphatic heterocycles. The summed E-state index contributed by atoms with van der Waals surface area (Å²) in [5.41, 5.74) is 5.22. The molecule has 3 rings (SSSR count). The minimum atomic E-state index is -3.99. The van der Waals surface area contributed by atoms with Crippen molar-refractivity contribution in [2.75, 3.05) is 18.0 Å². The number of rotatable bonds is 8. The molecule has 0 fully saturated rings. The molecule has 0 atom stereocenters. The van der Waals surface area contributed by atoms with Crippen molar-refractivity contribution in [2.24, 2.45) is 5.10 Å². The smallest absolute Gasteiger partial charge is 0.264 e. The van der Waals surface area contributed by atoms with Crippen molar-refractivity contribution in [1.29, 1.82) is 0 Å². The Bertz CT molecular complexity index is 1270. The van der Waals surface area contributed by atoms with Gasteiger partial charge in [0, 0.05) is 0 Å². The first-order valence-electron chi connectivity index (χ1n) is 10.1. The molecule has 0 heterocycles. The summed E-state index contributed by atoms with van der Waals surface area (Å²) in [5, 5.41) is 13.6. The van der Waals surface area contributed by atoms with E-state index in [1.165, 1.54) is 31.5 Å². The van der Waals surface area contributed by atoms with E-state index in [0.717, 1.165) is 15.4 Å². The Balaban J connectivity index is 1.84. The second-order valence-corrected chi connectivity index (χ2v) is 9.18. The third-order valence-electron chi connectivity index (χ3n) is 5.00. The molecule has 33 heavy (non-hydrogen) atoms. The summed E-state index contributed by atoms with van der Waals surface area (Å²) >= 11 is 0. The van der Waals surface area contributed by atoms with Gasteiger partial charge >= 0.3 is 0 Å². The first-order valence-corrected chi connectivity index (χ1v) is 11.5. The molecular weight excluding hydrogens is 442 g/mol. The Kier molecular flexibility index (Phi) is 7.34. The molecule has 0 radical (unpaired) electrons. The number of hydrazone groups is 1. The zero-order valence-corrected chi connectivity index (χ0v) is 19.3. The number of benzene rings is 3. The highest BCUT2D eigenvalue weighted by Crippen LogP contribution is 2.26. The zero-order chi connectivity index (χ0) is 24.0. The van der Waals surface area contributed by atoms with E-state index in [2.05, 4.69) is 10.5 Å². The summed E-state index contributed by atoms with van der Waals surface area (Å²) in [6, 6.07) is 17.7. The third kappa shape index (κ3) is 5.69. The normalized spacial score (nSPS) is 11.4. The van der Waals surface area contributed by atoms with Gasteiger partial charge in [0.1, 0.15) is 6.54 Å². The van der Waals surface area contributed by atoms with Crippen LogP contribution in [0.4, 0.5) is 5.69 Å². The Morgan fingerprint density at radius 2 is 1.79 bits per heavy atom. The van der Waals surface area contributed by atoms with Gasteiger partial charge in [0.05, 0.1) is 23.9 Å². The van der Waals surface area contributed by atoms with Crippen LogP contribution in [-0.2, 0) is 14.8 Å². The van der Waals surface area contributed by atoms with E-state index in [-0.39, 0.29) is 16.4 Å². The number of nitrogens with zero attached hydrogens (tertiary/aromatic N) is 2. The average molecular weight is 468 g/mol. The van der Waals surface area contributed by atoms with Crippen molar-refractivity contribution >= 4 is 27.8 Å². The fraction of sp³-hybridized carbons (Fsp3) is 0.167. The SMILES string of the molecule is COc1cc(/C=N\NC(=O)CN(c2ccc(C)c(C)c2)S(=O)(=O)c2ccccc2)ccc1O. The summed E-state index contributed by atoms with van der Waals surface area (Å²) < 4.78 is 32.8. The molecule has 172 valence electrons. The third-order valence-corrected chi connectivity index (χ3v) is 6.79. The predicted molar refractivity (Wildman–Crippen MR) is 127 cm³/mol. The Hall–Kier alpha value is -3.85. The summed E-state index contributed by atoms with van der Waals surface area (Å²) in [6.07, 6.45) is 1.37. The second kappa shape index (κ2) is 10.2. The molecule has 0 saturated carbocycles. The van der Waals surface area contributed by atoms with E-state index in [1.54, 1.807) is 42.5 Å². The number of hydrogen-bond acceptors (Lipinski definition) is 6. The van der Waals surface area contributed by atoms with Crippen LogP contribution >= 0.6 is 0 Å². The number of carbonyl (C=O) groups is 1. The van der Waals surface area contributed by atoms with Crippen LogP contribution in [0.3, 0.4) is 0 Å². The van der Waals surface area contributed by atoms with Crippen LogP contribution in [0.15, 0.2) is 76.7 Å². The highest BCUT2D eigenvalue weighted by atomic mass is 32.2. The molecule has 0 unspecified atom stereocenters. The minimum absolute atomic E-state index is 0.0196. The van der Waals surface area contributed by atoms with Gasteiger partial charge in [-0.1, -0.05) is 24.3 Å². The average Bonchev–Trinajstić information content (AvgIpc) is 2.81. The molecule has 0 aromatic heterocycles. The maximum Gasteiger partial charge on any atom is 0.264 e. The van der Waals surface area contributed by atoms with Crippen LogP contribution in [0.2, 0.25) is 0 Å². The van der Waals surface area contributed by atoms with E-state index >= 15 is 0 Å². The van der Waals surface area contributed by atoms with Crippen molar-refractivity contribution in [2.45, 2.75) is 18.7 Å². The number of phenolic OH excluding ortho intramolecular Hbond substituents is 1. The first kappa shape index (κ1) is 23.8. The van der Waals surface area contributed by atoms with Crippen LogP contribution in [0.1, 0.15) is 16.7 Å². The van der Waals surface area contributed by atoms with E-state index in [4.69, 9.17) is 4.74 Å². The molecule has 8 nitrogen and oxygen atoms in total. The van der Waals surface area contributed by atoms with Gasteiger partial charge in [0.2, 0.25) is 0 Å². The monoisotopic (exact) mass is 467 g/mol. The summed E-state index contributed by atoms with van der Waals surface area (Å²) in [7, 11) is -2.57. The lowest BCUT2D eigenvalue weighted by Crippen LogP contribution is -2.39. The molecule has 1 amide bonds. The van der Waals surface area contributed by atoms with Crippen LogP contribution in [-0.4, -0.2) is 39.3 Å². The lowest BCUT2D eigenvalue weighted by atomic mass is 10.1. The molecule has 0 saturated heterocycles. The van der Waals surface area contributed by atoms with Crippen molar-refractivity contribution in [3.63, 3.8) is 0 Å². The first-order chi connectivity index (χ1) is 15.7. The maximum atomic E-state index is 13.3. The number of phenols is 1. The number of hydrogen-bond donors (Lipinski definition) is 2. The predicted octanol–water partition coefficient (Wildman–Crippen LogP) is 3.36. The lowest BCUT2D eigenvalue weighted by molar-refractivity contribution is -0.119. The molecule has 2 N–H and O–H groups in total. The number of aryl methyl sites for hydroxylation is 2. The van der Waals surface area contributed by atoms with Gasteiger partial charge in [-0.05, 0) is 73.0 Å². The highest BCUT2D eigenvalue weighted by Gasteiger charge is 2.27. The molecule has 9 heteroatoms. The summed E-state index contributed by atoms with van der Waals surface area (Å²) in [6.45, 7) is 3.34. The molecule has 0 aliphatic carbocycles. The fourth-order valence-corrected chi connectivity index (χ4v) is 4.47. The molecule has 0 spiro atoms. The molecule has 3 aromatic rings. The molecule has 0 aliphatic rings. The van der Waals surface area contributed by atoms with Gasteiger partial charge in [0.15, 0.2) is 11.5 Å². The molecule has 3 aromatic carbocycles. The van der Waals surface area contributed by atoms with E-state index in [9.17, 15) is 18.3 Å². The quantitative estimate of drug-likeness (QED) is 0.390. The number of amides is 1. The van der Waals surface area contributed by atoms with Crippen molar-refractivity contribution in [1.82, 2.24) is 5.43 Å². The fourth-order valence-electron chi connectivity index (χ4n) is 3.03. The number of ether oxygens (including phenoxy) is 1. The van der Waals surface area contributed by atoms with Crippen molar-refractivity contribution in [3.8, 4) is 11.5 Å². The van der Waals surface area contributed by atoms with Crippen LogP contribution < -0.4 is 14.5 Å². The lowest BCUT2D eigenvalue weighted by Gasteiger charge is -2.24. The van der Waals surface area contributed by atoms with Crippen molar-refractivity contribution in [3.05, 3.63) is 83.4 Å². The van der Waals surface area contributed by atoms with Crippen molar-refractivity contribution < 1.29 is 23.1 Å². The zero-order valence-electron chi connectivity index (χ0n) is 18.5. The van der Waals surface area contributed by atoms with Gasteiger partial charge in [-0.3, -0.25) is 9.10 Å². The van der Waals surface area contributed by atoms with Gasteiger partial charge in [-0.25, -0.2) is 13.8 Å². The van der Waals surface area contributed by atoms with Gasteiger partial charge in [0.25, 0.3) is 15.9 Å². The number of sulfonamides is 1. The topological polar surface area (TPSA) is 108 Å². The maximum absolute atomic E-state index is 13.3. The van der Waals surface area contributed by atoms with Crippen LogP contribution in [0.25, 0.3) is 0 Å². The van der Waals surface area contributed by atoms with Gasteiger partial charge in [-0.2, -0.15) is 5.10 Å². The largest absolute Gasteiger partial charge is 0.504 e. The number of anilines is 1. The Labute approximate surface area is 193 Å².